The van der Waals surface area contributed by atoms with Crippen molar-refractivity contribution in [1.29, 1.82) is 5.26 Å². The van der Waals surface area contributed by atoms with E-state index in [-0.39, 0.29) is 22.8 Å². The van der Waals surface area contributed by atoms with Crippen LogP contribution in [0.3, 0.4) is 0 Å². The summed E-state index contributed by atoms with van der Waals surface area (Å²) in [7, 11) is 0. The lowest BCUT2D eigenvalue weighted by Crippen LogP contribution is -2.44. The van der Waals surface area contributed by atoms with Crippen LogP contribution < -0.4 is 10.2 Å². The average molecular weight is 525 g/mol. The van der Waals surface area contributed by atoms with Crippen LogP contribution in [0.5, 0.6) is 0 Å². The molecule has 2 aliphatic heterocycles. The molecule has 1 aromatic carbocycles. The highest BCUT2D eigenvalue weighted by Gasteiger charge is 2.49. The van der Waals surface area contributed by atoms with Gasteiger partial charge in [-0.2, -0.15) is 18.4 Å². The highest BCUT2D eigenvalue weighted by Crippen LogP contribution is 2.38. The van der Waals surface area contributed by atoms with E-state index in [0.717, 1.165) is 68.5 Å². The second kappa shape index (κ2) is 11.6. The molecule has 0 aliphatic carbocycles. The number of anilines is 1. The number of benzene rings is 1. The van der Waals surface area contributed by atoms with Gasteiger partial charge in [0.25, 0.3) is 5.91 Å². The first-order chi connectivity index (χ1) is 17.0. The van der Waals surface area contributed by atoms with E-state index in [1.165, 1.54) is 6.07 Å². The quantitative estimate of drug-likeness (QED) is 0.273. The monoisotopic (exact) mass is 524 g/mol. The summed E-state index contributed by atoms with van der Waals surface area (Å²) in [5, 5.41) is 12.3. The van der Waals surface area contributed by atoms with Crippen LogP contribution >= 0.6 is 12.2 Å². The first kappa shape index (κ1) is 27.9. The number of nitrogens with zero attached hydrogens (tertiary/aromatic N) is 3. The van der Waals surface area contributed by atoms with Crippen LogP contribution in [0.4, 0.5) is 18.9 Å². The molecule has 1 aromatic rings. The Hall–Kier alpha value is -2.71. The van der Waals surface area contributed by atoms with Gasteiger partial charge in [0.1, 0.15) is 11.6 Å². The molecular formula is C25H31F3N4O3S. The average Bonchev–Trinajstić information content (AvgIpc) is 3.42. The Labute approximate surface area is 214 Å². The van der Waals surface area contributed by atoms with E-state index in [9.17, 15) is 22.8 Å². The number of carbonyl (C=O) groups is 2. The highest BCUT2D eigenvalue weighted by atomic mass is 32.1. The molecule has 0 radical (unpaired) electrons. The van der Waals surface area contributed by atoms with Crippen molar-refractivity contribution >= 4 is 34.9 Å². The fourth-order valence-electron chi connectivity index (χ4n) is 4.50. The maximum atomic E-state index is 13.4. The number of nitrogens with one attached hydrogen (secondary N) is 1. The number of thiocarbonyl (C=S) groups is 1. The SMILES string of the molecule is CC1(C)C(=O)N(c2ccc(C#N)c(C(F)(F)F)c2)C(=S)N1CCCCCCCOC(=O)C1CCCN1. The number of hydrogen-bond donors (Lipinski definition) is 1. The summed E-state index contributed by atoms with van der Waals surface area (Å²) >= 11 is 5.50. The van der Waals surface area contributed by atoms with Gasteiger partial charge in [-0.3, -0.25) is 14.5 Å². The third-order valence-corrected chi connectivity index (χ3v) is 7.03. The van der Waals surface area contributed by atoms with Crippen LogP contribution in [0.2, 0.25) is 0 Å². The van der Waals surface area contributed by atoms with E-state index in [0.29, 0.717) is 13.2 Å². The minimum absolute atomic E-state index is 0.00532. The van der Waals surface area contributed by atoms with E-state index < -0.39 is 28.7 Å². The minimum Gasteiger partial charge on any atom is -0.465 e. The van der Waals surface area contributed by atoms with Crippen molar-refractivity contribution in [3.05, 3.63) is 29.3 Å². The third kappa shape index (κ3) is 6.16. The van der Waals surface area contributed by atoms with Gasteiger partial charge < -0.3 is 15.0 Å². The van der Waals surface area contributed by atoms with Crippen LogP contribution in [0, 0.1) is 11.3 Å². The number of ether oxygens (including phenoxy) is 1. The zero-order valence-electron chi connectivity index (χ0n) is 20.5. The number of halogens is 3. The molecule has 0 bridgehead atoms. The zero-order chi connectivity index (χ0) is 26.5. The van der Waals surface area contributed by atoms with E-state index in [1.807, 2.05) is 0 Å². The maximum absolute atomic E-state index is 13.4. The Balaban J connectivity index is 1.50. The molecule has 1 N–H and O–H groups in total. The van der Waals surface area contributed by atoms with E-state index >= 15 is 0 Å². The molecule has 0 aromatic heterocycles. The molecule has 2 saturated heterocycles. The van der Waals surface area contributed by atoms with Crippen LogP contribution in [-0.4, -0.2) is 53.2 Å². The standard InChI is InChI=1S/C25H31F3N4O3S/c1-24(2)22(34)32(18-11-10-17(16-29)19(15-18)25(26,27)28)23(36)31(24)13-6-4-3-5-7-14-35-21(33)20-9-8-12-30-20/h10-11,15,20,30H,3-9,12-14H2,1-2H3. The zero-order valence-corrected chi connectivity index (χ0v) is 21.3. The van der Waals surface area contributed by atoms with Crippen molar-refractivity contribution in [3.63, 3.8) is 0 Å². The van der Waals surface area contributed by atoms with Crippen molar-refractivity contribution in [1.82, 2.24) is 10.2 Å². The second-order valence-corrected chi connectivity index (χ2v) is 9.92. The summed E-state index contributed by atoms with van der Waals surface area (Å²) in [4.78, 5) is 27.9. The van der Waals surface area contributed by atoms with Crippen molar-refractivity contribution in [3.8, 4) is 6.07 Å². The van der Waals surface area contributed by atoms with Gasteiger partial charge in [-0.25, -0.2) is 0 Å². The van der Waals surface area contributed by atoms with E-state index in [2.05, 4.69) is 5.32 Å². The molecule has 1 atom stereocenters. The normalized spacial score (nSPS) is 19.6. The molecule has 1 unspecified atom stereocenters. The molecule has 0 spiro atoms. The van der Waals surface area contributed by atoms with Gasteiger partial charge in [-0.05, 0) is 76.5 Å². The van der Waals surface area contributed by atoms with Gasteiger partial charge in [-0.15, -0.1) is 0 Å². The van der Waals surface area contributed by atoms with Gasteiger partial charge in [0.15, 0.2) is 5.11 Å². The van der Waals surface area contributed by atoms with Gasteiger partial charge in [0.2, 0.25) is 0 Å². The molecular weight excluding hydrogens is 493 g/mol. The summed E-state index contributed by atoms with van der Waals surface area (Å²) in [5.74, 6) is -0.597. The first-order valence-corrected chi connectivity index (χ1v) is 12.6. The third-order valence-electron chi connectivity index (χ3n) is 6.63. The molecule has 3 rings (SSSR count). The fourth-order valence-corrected chi connectivity index (χ4v) is 5.01. The summed E-state index contributed by atoms with van der Waals surface area (Å²) < 4.78 is 45.6. The van der Waals surface area contributed by atoms with Crippen molar-refractivity contribution in [2.75, 3.05) is 24.6 Å². The lowest BCUT2D eigenvalue weighted by Gasteiger charge is -2.29. The van der Waals surface area contributed by atoms with Crippen molar-refractivity contribution < 1.29 is 27.5 Å². The molecule has 7 nitrogen and oxygen atoms in total. The molecule has 2 heterocycles. The summed E-state index contributed by atoms with van der Waals surface area (Å²) in [6, 6.07) is 4.54. The van der Waals surface area contributed by atoms with E-state index in [1.54, 1.807) is 24.8 Å². The Bertz CT molecular complexity index is 1030. The number of alkyl halides is 3. The Morgan fingerprint density at radius 3 is 2.58 bits per heavy atom. The van der Waals surface area contributed by atoms with Crippen LogP contribution in [0.15, 0.2) is 18.2 Å². The molecule has 0 saturated carbocycles. The number of hydrogen-bond acceptors (Lipinski definition) is 6. The van der Waals surface area contributed by atoms with E-state index in [4.69, 9.17) is 22.2 Å². The van der Waals surface area contributed by atoms with Gasteiger partial charge in [-0.1, -0.05) is 19.3 Å². The molecule has 1 amide bonds. The number of nitriles is 1. The number of esters is 1. The molecule has 36 heavy (non-hydrogen) atoms. The van der Waals surface area contributed by atoms with Crippen molar-refractivity contribution in [2.24, 2.45) is 0 Å². The summed E-state index contributed by atoms with van der Waals surface area (Å²) in [5.41, 5.74) is -2.62. The smallest absolute Gasteiger partial charge is 0.417 e. The number of unbranched alkanes of at least 4 members (excludes halogenated alkanes) is 4. The van der Waals surface area contributed by atoms with Gasteiger partial charge in [0.05, 0.1) is 29.5 Å². The Morgan fingerprint density at radius 1 is 1.25 bits per heavy atom. The maximum Gasteiger partial charge on any atom is 0.417 e. The lowest BCUT2D eigenvalue weighted by molar-refractivity contribution is -0.146. The largest absolute Gasteiger partial charge is 0.465 e. The second-order valence-electron chi connectivity index (χ2n) is 9.56. The fraction of sp³-hybridized carbons (Fsp3) is 0.600. The summed E-state index contributed by atoms with van der Waals surface area (Å²) in [6.07, 6.45) is 1.29. The molecule has 11 heteroatoms. The topological polar surface area (TPSA) is 85.7 Å². The highest BCUT2D eigenvalue weighted by molar-refractivity contribution is 7.80. The van der Waals surface area contributed by atoms with Gasteiger partial charge >= 0.3 is 12.1 Å². The molecule has 2 fully saturated rings. The summed E-state index contributed by atoms with van der Waals surface area (Å²) in [6.45, 7) is 5.13. The van der Waals surface area contributed by atoms with Crippen molar-refractivity contribution in [2.45, 2.75) is 76.6 Å². The predicted molar refractivity (Wildman–Crippen MR) is 132 cm³/mol. The first-order valence-electron chi connectivity index (χ1n) is 12.2. The van der Waals surface area contributed by atoms with Crippen LogP contribution in [0.1, 0.15) is 69.9 Å². The lowest BCUT2D eigenvalue weighted by atomic mass is 10.0. The Kier molecular flexibility index (Phi) is 8.95. The predicted octanol–water partition coefficient (Wildman–Crippen LogP) is 4.53. The molecule has 2 aliphatic rings. The Morgan fingerprint density at radius 2 is 1.94 bits per heavy atom. The molecule has 196 valence electrons. The van der Waals surface area contributed by atoms with Crippen LogP contribution in [-0.2, 0) is 20.5 Å². The minimum atomic E-state index is -4.73. The number of amides is 1. The number of carbonyl (C=O) groups excluding carboxylic acids is 2. The van der Waals surface area contributed by atoms with Gasteiger partial charge in [0, 0.05) is 6.54 Å². The number of rotatable bonds is 10. The van der Waals surface area contributed by atoms with Crippen LogP contribution in [0.25, 0.3) is 0 Å².